The van der Waals surface area contributed by atoms with Crippen LogP contribution in [0.2, 0.25) is 0 Å². The monoisotopic (exact) mass is 265 g/mol. The maximum atomic E-state index is 11.4. The van der Waals surface area contributed by atoms with E-state index in [1.165, 1.54) is 6.92 Å². The van der Waals surface area contributed by atoms with Crippen LogP contribution in [0.25, 0.3) is 0 Å². The molecule has 0 aliphatic carbocycles. The average Bonchev–Trinajstić information content (AvgIpc) is 2.25. The van der Waals surface area contributed by atoms with E-state index in [4.69, 9.17) is 9.47 Å². The smallest absolute Gasteiger partial charge is 0.407 e. The van der Waals surface area contributed by atoms with Crippen molar-refractivity contribution in [3.63, 3.8) is 0 Å². The summed E-state index contributed by atoms with van der Waals surface area (Å²) >= 11 is 0. The van der Waals surface area contributed by atoms with Gasteiger partial charge in [-0.3, -0.25) is 4.79 Å². The molecular formula is C14H19NO4. The van der Waals surface area contributed by atoms with Gasteiger partial charge in [0.1, 0.15) is 11.4 Å². The fourth-order valence-electron chi connectivity index (χ4n) is 1.33. The minimum absolute atomic E-state index is 0.356. The molecule has 0 radical (unpaired) electrons. The summed E-state index contributed by atoms with van der Waals surface area (Å²) in [6.07, 6.45) is -0.462. The zero-order valence-electron chi connectivity index (χ0n) is 11.6. The summed E-state index contributed by atoms with van der Waals surface area (Å²) in [7, 11) is 0. The molecule has 0 fully saturated rings. The van der Waals surface area contributed by atoms with Gasteiger partial charge >= 0.3 is 12.1 Å². The zero-order valence-corrected chi connectivity index (χ0v) is 11.6. The summed E-state index contributed by atoms with van der Waals surface area (Å²) in [5.74, 6) is 0.119. The Kier molecular flexibility index (Phi) is 4.92. The van der Waals surface area contributed by atoms with Gasteiger partial charge in [-0.1, -0.05) is 12.1 Å². The highest BCUT2D eigenvalue weighted by atomic mass is 16.6. The summed E-state index contributed by atoms with van der Waals surface area (Å²) in [5.41, 5.74) is 0.380. The number of hydrogen-bond acceptors (Lipinski definition) is 4. The molecule has 19 heavy (non-hydrogen) atoms. The first kappa shape index (κ1) is 15.0. The number of hydrogen-bond donors (Lipinski definition) is 1. The minimum atomic E-state index is -0.511. The fourth-order valence-corrected chi connectivity index (χ4v) is 1.33. The molecule has 0 unspecified atom stereocenters. The van der Waals surface area contributed by atoms with Crippen LogP contribution in [0.15, 0.2) is 24.3 Å². The summed E-state index contributed by atoms with van der Waals surface area (Å²) in [6.45, 7) is 7.12. The molecule has 5 heteroatoms. The molecule has 0 aliphatic rings. The SMILES string of the molecule is CC(=O)Oc1ccc(CNC(=O)OC(C)(C)C)cc1. The maximum absolute atomic E-state index is 11.4. The van der Waals surface area contributed by atoms with Gasteiger partial charge in [-0.25, -0.2) is 4.79 Å². The number of ether oxygens (including phenoxy) is 2. The molecule has 1 rings (SSSR count). The molecular weight excluding hydrogens is 246 g/mol. The number of nitrogens with one attached hydrogen (secondary N) is 1. The Hall–Kier alpha value is -2.04. The van der Waals surface area contributed by atoms with Gasteiger partial charge in [0.25, 0.3) is 0 Å². The molecule has 0 saturated carbocycles. The van der Waals surface area contributed by atoms with Crippen molar-refractivity contribution in [2.75, 3.05) is 0 Å². The van der Waals surface area contributed by atoms with E-state index < -0.39 is 11.7 Å². The number of carbonyl (C=O) groups excluding carboxylic acids is 2. The number of amides is 1. The van der Waals surface area contributed by atoms with E-state index in [1.807, 2.05) is 0 Å². The summed E-state index contributed by atoms with van der Waals surface area (Å²) < 4.78 is 10.0. The summed E-state index contributed by atoms with van der Waals surface area (Å²) in [5, 5.41) is 2.65. The van der Waals surface area contributed by atoms with Gasteiger partial charge < -0.3 is 14.8 Å². The number of rotatable bonds is 3. The second kappa shape index (κ2) is 6.22. The molecule has 1 aromatic rings. The van der Waals surface area contributed by atoms with E-state index in [0.29, 0.717) is 12.3 Å². The Morgan fingerprint density at radius 3 is 2.21 bits per heavy atom. The van der Waals surface area contributed by atoms with E-state index >= 15 is 0 Å². The van der Waals surface area contributed by atoms with Crippen molar-refractivity contribution in [2.24, 2.45) is 0 Å². The normalized spacial score (nSPS) is 10.7. The molecule has 104 valence electrons. The molecule has 0 aliphatic heterocycles. The Bertz CT molecular complexity index is 446. The molecule has 1 aromatic carbocycles. The van der Waals surface area contributed by atoms with Crippen LogP contribution < -0.4 is 10.1 Å². The second-order valence-electron chi connectivity index (χ2n) is 5.09. The molecule has 0 bridgehead atoms. The first-order chi connectivity index (χ1) is 8.76. The number of benzene rings is 1. The Morgan fingerprint density at radius 2 is 1.74 bits per heavy atom. The minimum Gasteiger partial charge on any atom is -0.444 e. The quantitative estimate of drug-likeness (QED) is 0.674. The Morgan fingerprint density at radius 1 is 1.16 bits per heavy atom. The van der Waals surface area contributed by atoms with Crippen molar-refractivity contribution in [2.45, 2.75) is 39.8 Å². The van der Waals surface area contributed by atoms with Gasteiger partial charge in [0.2, 0.25) is 0 Å². The van der Waals surface area contributed by atoms with Crippen LogP contribution in [-0.4, -0.2) is 17.7 Å². The lowest BCUT2D eigenvalue weighted by atomic mass is 10.2. The van der Waals surface area contributed by atoms with Crippen molar-refractivity contribution >= 4 is 12.1 Å². The molecule has 0 heterocycles. The highest BCUT2D eigenvalue weighted by Crippen LogP contribution is 2.12. The molecule has 1 amide bonds. The summed E-state index contributed by atoms with van der Waals surface area (Å²) in [6, 6.07) is 6.90. The predicted octanol–water partition coefficient (Wildman–Crippen LogP) is 2.64. The fraction of sp³-hybridized carbons (Fsp3) is 0.429. The van der Waals surface area contributed by atoms with Gasteiger partial charge in [-0.05, 0) is 38.5 Å². The third kappa shape index (κ3) is 6.45. The molecule has 0 aromatic heterocycles. The lowest BCUT2D eigenvalue weighted by molar-refractivity contribution is -0.131. The summed E-state index contributed by atoms with van der Waals surface area (Å²) in [4.78, 5) is 22.2. The van der Waals surface area contributed by atoms with Crippen LogP contribution >= 0.6 is 0 Å². The maximum Gasteiger partial charge on any atom is 0.407 e. The third-order valence-electron chi connectivity index (χ3n) is 2.02. The standard InChI is InChI=1S/C14H19NO4/c1-10(16)18-12-7-5-11(6-8-12)9-15-13(17)19-14(2,3)4/h5-8H,9H2,1-4H3,(H,15,17). The van der Waals surface area contributed by atoms with Gasteiger partial charge in [0.15, 0.2) is 0 Å². The zero-order chi connectivity index (χ0) is 14.5. The number of carbonyl (C=O) groups is 2. The van der Waals surface area contributed by atoms with Gasteiger partial charge in [-0.2, -0.15) is 0 Å². The van der Waals surface area contributed by atoms with Gasteiger partial charge in [0.05, 0.1) is 0 Å². The van der Waals surface area contributed by atoms with Crippen LogP contribution in [-0.2, 0) is 16.1 Å². The van der Waals surface area contributed by atoms with Crippen LogP contribution in [0.4, 0.5) is 4.79 Å². The molecule has 5 nitrogen and oxygen atoms in total. The molecule has 1 N–H and O–H groups in total. The topological polar surface area (TPSA) is 64.6 Å². The van der Waals surface area contributed by atoms with E-state index in [1.54, 1.807) is 45.0 Å². The van der Waals surface area contributed by atoms with Crippen LogP contribution in [0.5, 0.6) is 5.75 Å². The third-order valence-corrected chi connectivity index (χ3v) is 2.02. The van der Waals surface area contributed by atoms with E-state index in [9.17, 15) is 9.59 Å². The average molecular weight is 265 g/mol. The van der Waals surface area contributed by atoms with Crippen molar-refractivity contribution in [3.05, 3.63) is 29.8 Å². The van der Waals surface area contributed by atoms with Crippen LogP contribution in [0.1, 0.15) is 33.3 Å². The van der Waals surface area contributed by atoms with Crippen molar-refractivity contribution in [1.29, 1.82) is 0 Å². The molecule has 0 spiro atoms. The molecule has 0 saturated heterocycles. The first-order valence-electron chi connectivity index (χ1n) is 6.00. The van der Waals surface area contributed by atoms with Crippen molar-refractivity contribution in [3.8, 4) is 5.75 Å². The second-order valence-corrected chi connectivity index (χ2v) is 5.09. The largest absolute Gasteiger partial charge is 0.444 e. The van der Waals surface area contributed by atoms with Crippen LogP contribution in [0.3, 0.4) is 0 Å². The van der Waals surface area contributed by atoms with E-state index in [0.717, 1.165) is 5.56 Å². The highest BCUT2D eigenvalue weighted by Gasteiger charge is 2.15. The number of esters is 1. The van der Waals surface area contributed by atoms with Gasteiger partial charge in [-0.15, -0.1) is 0 Å². The lowest BCUT2D eigenvalue weighted by Crippen LogP contribution is -2.32. The number of alkyl carbamates (subject to hydrolysis) is 1. The Labute approximate surface area is 112 Å². The van der Waals surface area contributed by atoms with E-state index in [2.05, 4.69) is 5.32 Å². The lowest BCUT2D eigenvalue weighted by Gasteiger charge is -2.19. The predicted molar refractivity (Wildman–Crippen MR) is 70.8 cm³/mol. The van der Waals surface area contributed by atoms with Crippen molar-refractivity contribution < 1.29 is 19.1 Å². The van der Waals surface area contributed by atoms with Crippen LogP contribution in [0, 0.1) is 0 Å². The Balaban J connectivity index is 2.46. The molecule has 0 atom stereocenters. The highest BCUT2D eigenvalue weighted by molar-refractivity contribution is 5.69. The first-order valence-corrected chi connectivity index (χ1v) is 6.00. The van der Waals surface area contributed by atoms with Crippen molar-refractivity contribution in [1.82, 2.24) is 5.32 Å². The van der Waals surface area contributed by atoms with Gasteiger partial charge in [0, 0.05) is 13.5 Å². The van der Waals surface area contributed by atoms with E-state index in [-0.39, 0.29) is 5.97 Å².